The van der Waals surface area contributed by atoms with Crippen molar-refractivity contribution in [3.05, 3.63) is 89.5 Å². The fraction of sp³-hybridized carbons (Fsp3) is 0.192. The van der Waals surface area contributed by atoms with Crippen LogP contribution in [0.4, 0.5) is 5.95 Å². The Kier molecular flexibility index (Phi) is 5.63. The fourth-order valence-corrected chi connectivity index (χ4v) is 4.08. The van der Waals surface area contributed by atoms with Crippen molar-refractivity contribution in [2.24, 2.45) is 0 Å². The lowest BCUT2D eigenvalue weighted by Gasteiger charge is -2.09. The minimum Gasteiger partial charge on any atom is -0.289 e. The van der Waals surface area contributed by atoms with Crippen LogP contribution in [-0.2, 0) is 13.1 Å². The predicted molar refractivity (Wildman–Crippen MR) is 132 cm³/mol. The van der Waals surface area contributed by atoms with E-state index in [0.29, 0.717) is 17.8 Å². The normalized spacial score (nSPS) is 11.1. The molecular formula is C26H25N7O. The van der Waals surface area contributed by atoms with Crippen molar-refractivity contribution in [2.75, 3.05) is 5.32 Å². The minimum atomic E-state index is -0.283. The smallest absolute Gasteiger partial charge is 0.258 e. The summed E-state index contributed by atoms with van der Waals surface area (Å²) in [6.45, 7) is 7.46. The number of hydrogen-bond donors (Lipinski definition) is 1. The number of nitrogens with zero attached hydrogens (tertiary/aromatic N) is 6. The Bertz CT molecular complexity index is 1500. The van der Waals surface area contributed by atoms with Gasteiger partial charge < -0.3 is 0 Å². The van der Waals surface area contributed by atoms with E-state index in [1.165, 1.54) is 5.56 Å². The molecule has 0 aliphatic carbocycles. The summed E-state index contributed by atoms with van der Waals surface area (Å²) in [4.78, 5) is 22.4. The Morgan fingerprint density at radius 1 is 1.06 bits per heavy atom. The molecule has 0 radical (unpaired) electrons. The summed E-state index contributed by atoms with van der Waals surface area (Å²) in [5.41, 5.74) is 6.21. The van der Waals surface area contributed by atoms with E-state index in [2.05, 4.69) is 39.6 Å². The molecule has 170 valence electrons. The van der Waals surface area contributed by atoms with Crippen molar-refractivity contribution in [3.63, 3.8) is 0 Å². The molecule has 8 heteroatoms. The maximum Gasteiger partial charge on any atom is 0.258 e. The van der Waals surface area contributed by atoms with Gasteiger partial charge in [-0.25, -0.2) is 14.6 Å². The van der Waals surface area contributed by atoms with E-state index in [1.54, 1.807) is 17.2 Å². The Morgan fingerprint density at radius 2 is 1.85 bits per heavy atom. The van der Waals surface area contributed by atoms with Crippen LogP contribution in [0, 0.1) is 13.8 Å². The molecule has 3 aromatic heterocycles. The third kappa shape index (κ3) is 4.05. The van der Waals surface area contributed by atoms with Crippen molar-refractivity contribution in [1.29, 1.82) is 0 Å². The molecule has 1 N–H and O–H groups in total. The average molecular weight is 452 g/mol. The number of hydrogen-bond acceptors (Lipinski definition) is 5. The first kappa shape index (κ1) is 21.5. The highest BCUT2D eigenvalue weighted by atomic mass is 16.1. The number of para-hydroxylation sites is 1. The van der Waals surface area contributed by atoms with Gasteiger partial charge in [0.1, 0.15) is 6.33 Å². The van der Waals surface area contributed by atoms with Gasteiger partial charge in [0.15, 0.2) is 0 Å². The number of pyridine rings is 1. The second kappa shape index (κ2) is 8.90. The van der Waals surface area contributed by atoms with Crippen LogP contribution in [0.3, 0.4) is 0 Å². The molecule has 5 aromatic rings. The monoisotopic (exact) mass is 451 g/mol. The zero-order valence-corrected chi connectivity index (χ0v) is 19.4. The summed E-state index contributed by atoms with van der Waals surface area (Å²) in [6.07, 6.45) is 3.42. The summed E-state index contributed by atoms with van der Waals surface area (Å²) in [6, 6.07) is 17.6. The second-order valence-corrected chi connectivity index (χ2v) is 8.18. The van der Waals surface area contributed by atoms with Gasteiger partial charge >= 0.3 is 0 Å². The highest BCUT2D eigenvalue weighted by Gasteiger charge is 2.18. The molecule has 0 atom stereocenters. The number of anilines is 1. The van der Waals surface area contributed by atoms with Crippen LogP contribution >= 0.6 is 0 Å². The van der Waals surface area contributed by atoms with Crippen LogP contribution < -0.4 is 5.32 Å². The van der Waals surface area contributed by atoms with E-state index in [9.17, 15) is 4.79 Å². The van der Waals surface area contributed by atoms with Gasteiger partial charge in [-0.05, 0) is 44.0 Å². The maximum absolute atomic E-state index is 13.3. The lowest BCUT2D eigenvalue weighted by molar-refractivity contribution is 0.102. The number of aromatic nitrogens is 6. The van der Waals surface area contributed by atoms with Crippen molar-refractivity contribution in [2.45, 2.75) is 33.9 Å². The van der Waals surface area contributed by atoms with Gasteiger partial charge in [0.05, 0.1) is 29.5 Å². The molecule has 0 unspecified atom stereocenters. The third-order valence-electron chi connectivity index (χ3n) is 5.99. The van der Waals surface area contributed by atoms with E-state index < -0.39 is 0 Å². The van der Waals surface area contributed by atoms with E-state index in [1.807, 2.05) is 61.0 Å². The average Bonchev–Trinajstić information content (AvgIpc) is 3.45. The lowest BCUT2D eigenvalue weighted by atomic mass is 10.0. The molecule has 0 saturated carbocycles. The molecule has 0 aliphatic heterocycles. The van der Waals surface area contributed by atoms with Crippen LogP contribution in [0.2, 0.25) is 0 Å². The number of amides is 1. The largest absolute Gasteiger partial charge is 0.289 e. The van der Waals surface area contributed by atoms with Crippen molar-refractivity contribution in [1.82, 2.24) is 29.5 Å². The topological polar surface area (TPSA) is 90.5 Å². The van der Waals surface area contributed by atoms with Crippen molar-refractivity contribution in [3.8, 4) is 11.3 Å². The third-order valence-corrected chi connectivity index (χ3v) is 5.99. The molecule has 0 fully saturated rings. The van der Waals surface area contributed by atoms with Gasteiger partial charge in [-0.2, -0.15) is 5.10 Å². The molecule has 3 heterocycles. The Hall–Kier alpha value is -4.33. The lowest BCUT2D eigenvalue weighted by Crippen LogP contribution is -2.14. The molecule has 8 nitrogen and oxygen atoms in total. The second-order valence-electron chi connectivity index (χ2n) is 8.18. The van der Waals surface area contributed by atoms with Gasteiger partial charge in [-0.15, -0.1) is 5.10 Å². The summed E-state index contributed by atoms with van der Waals surface area (Å²) in [7, 11) is 0. The summed E-state index contributed by atoms with van der Waals surface area (Å²) < 4.78 is 3.63. The van der Waals surface area contributed by atoms with Gasteiger partial charge in [0, 0.05) is 23.2 Å². The fourth-order valence-electron chi connectivity index (χ4n) is 4.08. The molecular weight excluding hydrogens is 426 g/mol. The molecule has 5 rings (SSSR count). The molecule has 0 bridgehead atoms. The summed E-state index contributed by atoms with van der Waals surface area (Å²) >= 11 is 0. The van der Waals surface area contributed by atoms with E-state index >= 15 is 0 Å². The van der Waals surface area contributed by atoms with Crippen LogP contribution in [0.1, 0.15) is 34.1 Å². The molecule has 0 spiro atoms. The standard InChI is InChI=1S/C26H25N7O/c1-4-33-18(3)22(14-28-33)24-13-21(20-11-7-8-12-23(20)29-24)25(34)30-26-27-16-32(31-26)15-19-10-6-5-9-17(19)2/h5-14,16H,4,15H2,1-3H3,(H,30,31,34). The van der Waals surface area contributed by atoms with Gasteiger partial charge in [-0.3, -0.25) is 14.8 Å². The minimum absolute atomic E-state index is 0.260. The van der Waals surface area contributed by atoms with E-state index in [0.717, 1.165) is 34.3 Å². The number of rotatable bonds is 6. The van der Waals surface area contributed by atoms with Crippen LogP contribution in [0.25, 0.3) is 22.2 Å². The van der Waals surface area contributed by atoms with Gasteiger partial charge in [0.25, 0.3) is 5.91 Å². The van der Waals surface area contributed by atoms with Crippen LogP contribution in [-0.4, -0.2) is 35.4 Å². The number of nitrogens with one attached hydrogen (secondary N) is 1. The van der Waals surface area contributed by atoms with Crippen LogP contribution in [0.5, 0.6) is 0 Å². The first-order chi connectivity index (χ1) is 16.5. The SMILES string of the molecule is CCn1ncc(-c2cc(C(=O)Nc3ncn(Cc4ccccc4C)n3)c3ccccc3n2)c1C. The van der Waals surface area contributed by atoms with Gasteiger partial charge in [0.2, 0.25) is 5.95 Å². The summed E-state index contributed by atoms with van der Waals surface area (Å²) in [5, 5.41) is 12.5. The molecule has 0 saturated heterocycles. The van der Waals surface area contributed by atoms with Gasteiger partial charge in [-0.1, -0.05) is 42.5 Å². The zero-order valence-electron chi connectivity index (χ0n) is 19.4. The quantitative estimate of drug-likeness (QED) is 0.407. The molecule has 1 amide bonds. The Labute approximate surface area is 197 Å². The number of fused-ring (bicyclic) bond motifs is 1. The number of carbonyl (C=O) groups is 1. The summed E-state index contributed by atoms with van der Waals surface area (Å²) in [5.74, 6) is -0.0231. The predicted octanol–water partition coefficient (Wildman–Crippen LogP) is 4.63. The highest BCUT2D eigenvalue weighted by molar-refractivity contribution is 6.12. The molecule has 2 aromatic carbocycles. The zero-order chi connectivity index (χ0) is 23.7. The Balaban J connectivity index is 1.46. The highest BCUT2D eigenvalue weighted by Crippen LogP contribution is 2.27. The first-order valence-corrected chi connectivity index (χ1v) is 11.2. The van der Waals surface area contributed by atoms with Crippen molar-refractivity contribution >= 4 is 22.8 Å². The van der Waals surface area contributed by atoms with Crippen LogP contribution in [0.15, 0.2) is 67.1 Å². The number of carbonyl (C=O) groups excluding carboxylic acids is 1. The maximum atomic E-state index is 13.3. The van der Waals surface area contributed by atoms with Crippen molar-refractivity contribution < 1.29 is 4.79 Å². The van der Waals surface area contributed by atoms with E-state index in [4.69, 9.17) is 4.98 Å². The number of aryl methyl sites for hydroxylation is 2. The van der Waals surface area contributed by atoms with E-state index in [-0.39, 0.29) is 11.9 Å². The molecule has 34 heavy (non-hydrogen) atoms. The number of benzene rings is 2. The Morgan fingerprint density at radius 3 is 2.65 bits per heavy atom. The molecule has 0 aliphatic rings. The first-order valence-electron chi connectivity index (χ1n) is 11.2.